The first-order chi connectivity index (χ1) is 9.69. The molecule has 0 aliphatic carbocycles. The molecule has 4 heteroatoms. The second kappa shape index (κ2) is 6.21. The van der Waals surface area contributed by atoms with E-state index in [9.17, 15) is 9.90 Å². The summed E-state index contributed by atoms with van der Waals surface area (Å²) in [5.41, 5.74) is 1.18. The van der Waals surface area contributed by atoms with E-state index in [1.165, 1.54) is 18.2 Å². The molecular weight excluding hydrogens is 252 g/mol. The van der Waals surface area contributed by atoms with Crippen molar-refractivity contribution in [3.8, 4) is 11.8 Å². The average Bonchev–Trinajstić information content (AvgIpc) is 2.46. The molecule has 0 spiro atoms. The van der Waals surface area contributed by atoms with Gasteiger partial charge >= 0.3 is 0 Å². The first-order valence-electron chi connectivity index (χ1n) is 5.96. The van der Waals surface area contributed by atoms with E-state index in [1.54, 1.807) is 36.4 Å². The van der Waals surface area contributed by atoms with Gasteiger partial charge in [0.2, 0.25) is 0 Å². The van der Waals surface area contributed by atoms with Gasteiger partial charge in [0.15, 0.2) is 0 Å². The van der Waals surface area contributed by atoms with Gasteiger partial charge in [-0.05, 0) is 35.9 Å². The Labute approximate surface area is 116 Å². The van der Waals surface area contributed by atoms with Gasteiger partial charge in [-0.2, -0.15) is 5.26 Å². The van der Waals surface area contributed by atoms with Crippen LogP contribution in [0, 0.1) is 11.3 Å². The Balaban J connectivity index is 2.20. The summed E-state index contributed by atoms with van der Waals surface area (Å²) in [5.74, 6) is -0.401. The van der Waals surface area contributed by atoms with E-state index in [-0.39, 0.29) is 11.3 Å². The van der Waals surface area contributed by atoms with Crippen LogP contribution in [0.4, 0.5) is 5.69 Å². The standard InChI is InChI=1S/C16H12N2O2/c17-11-13(9-12-5-4-8-15(19)10-12)16(20)18-14-6-2-1-3-7-14/h1-10,19H,(H,18,20)/b13-9-. The van der Waals surface area contributed by atoms with Gasteiger partial charge in [0, 0.05) is 5.69 Å². The van der Waals surface area contributed by atoms with Crippen molar-refractivity contribution < 1.29 is 9.90 Å². The van der Waals surface area contributed by atoms with Crippen LogP contribution in [-0.2, 0) is 4.79 Å². The molecule has 0 aliphatic rings. The second-order valence-electron chi connectivity index (χ2n) is 4.08. The first-order valence-corrected chi connectivity index (χ1v) is 5.96. The highest BCUT2D eigenvalue weighted by Gasteiger charge is 2.09. The molecule has 98 valence electrons. The second-order valence-corrected chi connectivity index (χ2v) is 4.08. The number of hydrogen-bond donors (Lipinski definition) is 2. The van der Waals surface area contributed by atoms with Crippen molar-refractivity contribution in [2.45, 2.75) is 0 Å². The highest BCUT2D eigenvalue weighted by Crippen LogP contribution is 2.15. The molecule has 0 atom stereocenters. The van der Waals surface area contributed by atoms with Crippen molar-refractivity contribution in [1.29, 1.82) is 5.26 Å². The van der Waals surface area contributed by atoms with Gasteiger partial charge < -0.3 is 10.4 Å². The first kappa shape index (κ1) is 13.4. The highest BCUT2D eigenvalue weighted by atomic mass is 16.3. The summed E-state index contributed by atoms with van der Waals surface area (Å²) in [7, 11) is 0. The van der Waals surface area contributed by atoms with Crippen LogP contribution in [-0.4, -0.2) is 11.0 Å². The Morgan fingerprint density at radius 2 is 1.90 bits per heavy atom. The molecule has 4 nitrogen and oxygen atoms in total. The van der Waals surface area contributed by atoms with E-state index in [0.717, 1.165) is 0 Å². The smallest absolute Gasteiger partial charge is 0.266 e. The molecule has 2 N–H and O–H groups in total. The number of carbonyl (C=O) groups is 1. The Morgan fingerprint density at radius 3 is 2.55 bits per heavy atom. The number of rotatable bonds is 3. The predicted octanol–water partition coefficient (Wildman–Crippen LogP) is 2.94. The van der Waals surface area contributed by atoms with E-state index < -0.39 is 5.91 Å². The number of nitriles is 1. The van der Waals surface area contributed by atoms with Crippen LogP contribution in [0.15, 0.2) is 60.2 Å². The van der Waals surface area contributed by atoms with E-state index in [1.807, 2.05) is 12.1 Å². The summed E-state index contributed by atoms with van der Waals surface area (Å²) in [5, 5.41) is 21.1. The van der Waals surface area contributed by atoms with Gasteiger partial charge in [0.25, 0.3) is 5.91 Å². The zero-order valence-corrected chi connectivity index (χ0v) is 10.6. The van der Waals surface area contributed by atoms with Crippen LogP contribution >= 0.6 is 0 Å². The maximum absolute atomic E-state index is 12.0. The molecular formula is C16H12N2O2. The summed E-state index contributed by atoms with van der Waals surface area (Å²) in [6.45, 7) is 0. The summed E-state index contributed by atoms with van der Waals surface area (Å²) in [4.78, 5) is 12.0. The van der Waals surface area contributed by atoms with Gasteiger partial charge in [-0.15, -0.1) is 0 Å². The van der Waals surface area contributed by atoms with Crippen LogP contribution in [0.3, 0.4) is 0 Å². The molecule has 20 heavy (non-hydrogen) atoms. The Bertz CT molecular complexity index is 685. The lowest BCUT2D eigenvalue weighted by Gasteiger charge is -2.03. The maximum atomic E-state index is 12.0. The number of nitrogens with zero attached hydrogens (tertiary/aromatic N) is 1. The minimum absolute atomic E-state index is 0.0283. The Kier molecular flexibility index (Phi) is 4.15. The largest absolute Gasteiger partial charge is 0.508 e. The molecule has 2 aromatic carbocycles. The minimum atomic E-state index is -0.484. The summed E-state index contributed by atoms with van der Waals surface area (Å²) >= 11 is 0. The number of benzene rings is 2. The maximum Gasteiger partial charge on any atom is 0.266 e. The van der Waals surface area contributed by atoms with Gasteiger partial charge in [-0.25, -0.2) is 0 Å². The van der Waals surface area contributed by atoms with Crippen LogP contribution in [0.2, 0.25) is 0 Å². The van der Waals surface area contributed by atoms with Crippen molar-refractivity contribution in [3.05, 3.63) is 65.7 Å². The molecule has 2 aromatic rings. The molecule has 0 aliphatic heterocycles. The van der Waals surface area contributed by atoms with Gasteiger partial charge in [-0.3, -0.25) is 4.79 Å². The molecule has 0 aromatic heterocycles. The molecule has 0 bridgehead atoms. The van der Waals surface area contributed by atoms with Crippen molar-refractivity contribution in [1.82, 2.24) is 0 Å². The molecule has 0 fully saturated rings. The topological polar surface area (TPSA) is 73.1 Å². The third kappa shape index (κ3) is 3.47. The van der Waals surface area contributed by atoms with Crippen LogP contribution < -0.4 is 5.32 Å². The Hall–Kier alpha value is -3.06. The molecule has 1 amide bonds. The summed E-state index contributed by atoms with van der Waals surface area (Å²) in [6, 6.07) is 17.1. The summed E-state index contributed by atoms with van der Waals surface area (Å²) in [6.07, 6.45) is 1.43. The molecule has 0 saturated heterocycles. The van der Waals surface area contributed by atoms with Crippen molar-refractivity contribution in [2.24, 2.45) is 0 Å². The van der Waals surface area contributed by atoms with Crippen molar-refractivity contribution in [3.63, 3.8) is 0 Å². The van der Waals surface area contributed by atoms with Crippen LogP contribution in [0.25, 0.3) is 6.08 Å². The number of nitrogens with one attached hydrogen (secondary N) is 1. The molecule has 0 radical (unpaired) electrons. The molecule has 0 heterocycles. The number of para-hydroxylation sites is 1. The molecule has 0 saturated carbocycles. The molecule has 0 unspecified atom stereocenters. The molecule has 2 rings (SSSR count). The number of aromatic hydroxyl groups is 1. The average molecular weight is 264 g/mol. The van der Waals surface area contributed by atoms with Crippen LogP contribution in [0.1, 0.15) is 5.56 Å². The number of hydrogen-bond acceptors (Lipinski definition) is 3. The number of anilines is 1. The zero-order valence-electron chi connectivity index (χ0n) is 10.6. The van der Waals surface area contributed by atoms with Gasteiger partial charge in [-0.1, -0.05) is 30.3 Å². The van der Waals surface area contributed by atoms with Gasteiger partial charge in [0.05, 0.1) is 0 Å². The fourth-order valence-electron chi connectivity index (χ4n) is 1.65. The highest BCUT2D eigenvalue weighted by molar-refractivity contribution is 6.09. The zero-order chi connectivity index (χ0) is 14.4. The number of carbonyl (C=O) groups excluding carboxylic acids is 1. The third-order valence-electron chi connectivity index (χ3n) is 2.58. The Morgan fingerprint density at radius 1 is 1.15 bits per heavy atom. The number of phenols is 1. The fraction of sp³-hybridized carbons (Fsp3) is 0. The van der Waals surface area contributed by atoms with E-state index in [0.29, 0.717) is 11.3 Å². The fourth-order valence-corrected chi connectivity index (χ4v) is 1.65. The predicted molar refractivity (Wildman–Crippen MR) is 76.8 cm³/mol. The van der Waals surface area contributed by atoms with Crippen molar-refractivity contribution in [2.75, 3.05) is 5.32 Å². The summed E-state index contributed by atoms with van der Waals surface area (Å²) < 4.78 is 0. The van der Waals surface area contributed by atoms with E-state index >= 15 is 0 Å². The quantitative estimate of drug-likeness (QED) is 0.661. The lowest BCUT2D eigenvalue weighted by molar-refractivity contribution is -0.112. The monoisotopic (exact) mass is 264 g/mol. The lowest BCUT2D eigenvalue weighted by atomic mass is 10.1. The minimum Gasteiger partial charge on any atom is -0.508 e. The number of amides is 1. The SMILES string of the molecule is N#C/C(=C/c1cccc(O)c1)C(=O)Nc1ccccc1. The van der Waals surface area contributed by atoms with E-state index in [4.69, 9.17) is 5.26 Å². The van der Waals surface area contributed by atoms with Crippen LogP contribution in [0.5, 0.6) is 5.75 Å². The van der Waals surface area contributed by atoms with E-state index in [2.05, 4.69) is 5.32 Å². The van der Waals surface area contributed by atoms with Crippen molar-refractivity contribution >= 4 is 17.7 Å². The number of phenolic OH excluding ortho intramolecular Hbond substituents is 1. The lowest BCUT2D eigenvalue weighted by Crippen LogP contribution is -2.13. The normalized spacial score (nSPS) is 10.7. The third-order valence-corrected chi connectivity index (χ3v) is 2.58. The van der Waals surface area contributed by atoms with Gasteiger partial charge in [0.1, 0.15) is 17.4 Å².